The molecule has 2 aromatic carbocycles. The summed E-state index contributed by atoms with van der Waals surface area (Å²) in [4.78, 5) is 26.1. The second-order valence-electron chi connectivity index (χ2n) is 9.22. The fourth-order valence-electron chi connectivity index (χ4n) is 4.49. The Bertz CT molecular complexity index is 1300. The number of esters is 1. The number of nitrogens with one attached hydrogen (secondary N) is 1. The van der Waals surface area contributed by atoms with E-state index in [-0.39, 0.29) is 30.4 Å². The van der Waals surface area contributed by atoms with Crippen molar-refractivity contribution in [2.45, 2.75) is 49.5 Å². The van der Waals surface area contributed by atoms with Crippen LogP contribution in [0.3, 0.4) is 0 Å². The van der Waals surface area contributed by atoms with E-state index in [1.807, 2.05) is 25.8 Å². The van der Waals surface area contributed by atoms with Crippen LogP contribution in [0, 0.1) is 0 Å². The number of ether oxygens (including phenoxy) is 2. The third-order valence-electron chi connectivity index (χ3n) is 6.18. The minimum atomic E-state index is -5.41. The molecule has 37 heavy (non-hydrogen) atoms. The van der Waals surface area contributed by atoms with Gasteiger partial charge in [-0.15, -0.1) is 0 Å². The van der Waals surface area contributed by atoms with Crippen molar-refractivity contribution in [3.63, 3.8) is 0 Å². The highest BCUT2D eigenvalue weighted by Crippen LogP contribution is 2.38. The van der Waals surface area contributed by atoms with E-state index in [0.717, 1.165) is 12.1 Å². The summed E-state index contributed by atoms with van der Waals surface area (Å²) in [5.41, 5.74) is -0.273. The molecule has 2 heterocycles. The Morgan fingerprint density at radius 3 is 2.27 bits per heavy atom. The monoisotopic (exact) mass is 541 g/mol. The van der Waals surface area contributed by atoms with Crippen LogP contribution in [0.25, 0.3) is 0 Å². The van der Waals surface area contributed by atoms with Crippen molar-refractivity contribution in [3.05, 3.63) is 48.0 Å². The van der Waals surface area contributed by atoms with Crippen molar-refractivity contribution in [1.82, 2.24) is 9.21 Å². The van der Waals surface area contributed by atoms with Crippen molar-refractivity contribution in [2.24, 2.45) is 0 Å². The Kier molecular flexibility index (Phi) is 7.23. The lowest BCUT2D eigenvalue weighted by molar-refractivity contribution is -0.189. The van der Waals surface area contributed by atoms with Crippen LogP contribution in [0.15, 0.2) is 47.4 Å². The number of likely N-dealkylation sites (N-methyl/N-ethyl adjacent to an activating group) is 1. The number of amides is 1. The Morgan fingerprint density at radius 2 is 1.73 bits per heavy atom. The minimum absolute atomic E-state index is 0.0323. The average Bonchev–Trinajstić information content (AvgIpc) is 3.39. The van der Waals surface area contributed by atoms with Gasteiger partial charge in [0.25, 0.3) is 5.91 Å². The first-order valence-electron chi connectivity index (χ1n) is 11.5. The van der Waals surface area contributed by atoms with Gasteiger partial charge in [0.15, 0.2) is 5.75 Å². The smallest absolute Gasteiger partial charge is 0.491 e. The third-order valence-corrected chi connectivity index (χ3v) is 8.13. The number of carbonyl (C=O) groups excluding carboxylic acids is 2. The normalized spacial score (nSPS) is 20.3. The van der Waals surface area contributed by atoms with Gasteiger partial charge in [0.2, 0.25) is 10.0 Å². The van der Waals surface area contributed by atoms with Gasteiger partial charge < -0.3 is 19.7 Å². The number of rotatable bonds is 7. The molecule has 2 fully saturated rings. The summed E-state index contributed by atoms with van der Waals surface area (Å²) in [6.45, 7) is 4.27. The molecule has 13 heteroatoms. The number of alkyl halides is 3. The molecule has 2 saturated heterocycles. The fraction of sp³-hybridized carbons (Fsp3) is 0.417. The van der Waals surface area contributed by atoms with Crippen molar-refractivity contribution in [1.29, 1.82) is 0 Å². The van der Waals surface area contributed by atoms with Gasteiger partial charge in [-0.3, -0.25) is 4.79 Å². The highest BCUT2D eigenvalue weighted by Gasteiger charge is 2.49. The number of piperazine rings is 1. The van der Waals surface area contributed by atoms with E-state index < -0.39 is 44.3 Å². The fourth-order valence-corrected chi connectivity index (χ4v) is 6.29. The summed E-state index contributed by atoms with van der Waals surface area (Å²) in [6.07, 6.45) is -4.92. The van der Waals surface area contributed by atoms with Crippen molar-refractivity contribution >= 4 is 27.6 Å². The van der Waals surface area contributed by atoms with Gasteiger partial charge in [0.05, 0.1) is 11.7 Å². The van der Waals surface area contributed by atoms with E-state index in [4.69, 9.17) is 4.74 Å². The third kappa shape index (κ3) is 5.58. The number of likely N-dealkylation sites (tertiary alicyclic amines) is 1. The van der Waals surface area contributed by atoms with Gasteiger partial charge >= 0.3 is 12.1 Å². The molecule has 200 valence electrons. The Morgan fingerprint density at radius 1 is 1.05 bits per heavy atom. The lowest BCUT2D eigenvalue weighted by Crippen LogP contribution is -2.47. The topological polar surface area (TPSA) is 105 Å². The van der Waals surface area contributed by atoms with Crippen LogP contribution < -0.4 is 14.8 Å². The van der Waals surface area contributed by atoms with Crippen LogP contribution >= 0.6 is 0 Å². The lowest BCUT2D eigenvalue weighted by atomic mass is 10.1. The van der Waals surface area contributed by atoms with Crippen molar-refractivity contribution in [2.75, 3.05) is 25.5 Å². The molecular weight excluding hydrogens is 515 g/mol. The molecule has 2 aliphatic rings. The number of hydrogen-bond acceptors (Lipinski definition) is 7. The highest BCUT2D eigenvalue weighted by molar-refractivity contribution is 7.89. The van der Waals surface area contributed by atoms with E-state index in [1.54, 1.807) is 12.1 Å². The Hall–Kier alpha value is -3.16. The number of carbonyl (C=O) groups is 2. The van der Waals surface area contributed by atoms with E-state index in [0.29, 0.717) is 18.7 Å². The number of para-hydroxylation sites is 1. The number of anilines is 1. The van der Waals surface area contributed by atoms with Gasteiger partial charge in [-0.05, 0) is 63.7 Å². The number of nitrogens with zero attached hydrogens (tertiary/aromatic N) is 2. The van der Waals surface area contributed by atoms with Gasteiger partial charge in [0.1, 0.15) is 10.6 Å². The largest absolute Gasteiger partial charge is 0.491 e. The molecule has 0 aromatic heterocycles. The van der Waals surface area contributed by atoms with Crippen LogP contribution in [0.2, 0.25) is 0 Å². The predicted octanol–water partition coefficient (Wildman–Crippen LogP) is 3.27. The molecule has 0 aliphatic carbocycles. The molecule has 1 amide bonds. The standard InChI is InChI=1S/C24H26F3N3O6S/c1-14(2)35-18-9-7-15(8-10-18)28-22(31)19-5-4-6-20(21(19)36-23(32)24(25,26)27)37(33,34)30-13-16-11-17(30)12-29(16)3/h4-10,14,16-17H,11-13H2,1-3H3,(H,28,31)/t16-,17-/m0/s1. The van der Waals surface area contributed by atoms with Gasteiger partial charge in [-0.1, -0.05) is 6.07 Å². The molecule has 2 atom stereocenters. The molecular formula is C24H26F3N3O6S. The summed E-state index contributed by atoms with van der Waals surface area (Å²) in [5.74, 6) is -4.03. The van der Waals surface area contributed by atoms with Crippen LogP contribution in [-0.2, 0) is 14.8 Å². The minimum Gasteiger partial charge on any atom is -0.491 e. The van der Waals surface area contributed by atoms with Crippen molar-refractivity contribution < 1.29 is 40.7 Å². The van der Waals surface area contributed by atoms with Crippen molar-refractivity contribution in [3.8, 4) is 11.5 Å². The maximum absolute atomic E-state index is 13.5. The van der Waals surface area contributed by atoms with Crippen LogP contribution in [0.4, 0.5) is 18.9 Å². The molecule has 2 aliphatic heterocycles. The number of sulfonamides is 1. The van der Waals surface area contributed by atoms with E-state index >= 15 is 0 Å². The molecule has 0 unspecified atom stereocenters. The average molecular weight is 542 g/mol. The quantitative estimate of drug-likeness (QED) is 0.424. The summed E-state index contributed by atoms with van der Waals surface area (Å²) in [5, 5.41) is 2.49. The molecule has 2 bridgehead atoms. The molecule has 2 aromatic rings. The zero-order valence-corrected chi connectivity index (χ0v) is 21.1. The van der Waals surface area contributed by atoms with E-state index in [1.165, 1.54) is 22.5 Å². The second-order valence-corrected chi connectivity index (χ2v) is 11.1. The maximum atomic E-state index is 13.5. The first kappa shape index (κ1) is 26.9. The SMILES string of the molecule is CC(C)Oc1ccc(NC(=O)c2cccc(S(=O)(=O)N3C[C@@H]4C[C@H]3CN4C)c2OC(=O)C(F)(F)F)cc1. The van der Waals surface area contributed by atoms with Gasteiger partial charge in [-0.25, -0.2) is 13.2 Å². The molecule has 0 spiro atoms. The van der Waals surface area contributed by atoms with Crippen LogP contribution in [0.1, 0.15) is 30.6 Å². The summed E-state index contributed by atoms with van der Waals surface area (Å²) >= 11 is 0. The molecule has 9 nitrogen and oxygen atoms in total. The highest BCUT2D eigenvalue weighted by atomic mass is 32.2. The molecule has 0 saturated carbocycles. The predicted molar refractivity (Wildman–Crippen MR) is 127 cm³/mol. The first-order chi connectivity index (χ1) is 17.3. The zero-order chi connectivity index (χ0) is 27.1. The lowest BCUT2D eigenvalue weighted by Gasteiger charge is -2.31. The summed E-state index contributed by atoms with van der Waals surface area (Å²) in [6, 6.07) is 9.11. The van der Waals surface area contributed by atoms with E-state index in [9.17, 15) is 31.2 Å². The molecule has 0 radical (unpaired) electrons. The number of fused-ring (bicyclic) bond motifs is 2. The first-order valence-corrected chi connectivity index (χ1v) is 12.9. The van der Waals surface area contributed by atoms with E-state index in [2.05, 4.69) is 10.1 Å². The molecule has 1 N–H and O–H groups in total. The van der Waals surface area contributed by atoms with Gasteiger partial charge in [0, 0.05) is 30.9 Å². The maximum Gasteiger partial charge on any atom is 0.491 e. The Labute approximate surface area is 212 Å². The zero-order valence-electron chi connectivity index (χ0n) is 20.3. The second kappa shape index (κ2) is 9.95. The number of halogens is 3. The van der Waals surface area contributed by atoms with Crippen LogP contribution in [0.5, 0.6) is 11.5 Å². The Balaban J connectivity index is 1.69. The summed E-state index contributed by atoms with van der Waals surface area (Å²) < 4.78 is 77.6. The van der Waals surface area contributed by atoms with Crippen LogP contribution in [-0.4, -0.2) is 74.0 Å². The van der Waals surface area contributed by atoms with Gasteiger partial charge in [-0.2, -0.15) is 17.5 Å². The number of benzene rings is 2. The molecule has 4 rings (SSSR count). The number of hydrogen-bond donors (Lipinski definition) is 1. The summed E-state index contributed by atoms with van der Waals surface area (Å²) in [7, 11) is -2.54.